The summed E-state index contributed by atoms with van der Waals surface area (Å²) in [5.41, 5.74) is 0.486. The maximum atomic E-state index is 11.8. The molecule has 0 aromatic heterocycles. The molecule has 1 amide bonds. The predicted octanol–water partition coefficient (Wildman–Crippen LogP) is 3.57. The van der Waals surface area contributed by atoms with Crippen LogP contribution in [0.2, 0.25) is 5.02 Å². The van der Waals surface area contributed by atoms with Gasteiger partial charge in [-0.1, -0.05) is 54.6 Å². The number of nitrogens with zero attached hydrogens (tertiary/aromatic N) is 1. The molecular formula is C17H21ClN2O3S2. The molecule has 1 aliphatic heterocycles. The number of esters is 1. The Labute approximate surface area is 162 Å². The Bertz CT molecular complexity index is 634. The lowest BCUT2D eigenvalue weighted by atomic mass is 10.00. The van der Waals surface area contributed by atoms with Gasteiger partial charge in [0.25, 0.3) is 5.91 Å². The van der Waals surface area contributed by atoms with Crippen molar-refractivity contribution >= 4 is 57.5 Å². The summed E-state index contributed by atoms with van der Waals surface area (Å²) in [6.45, 7) is 3.75. The second kappa shape index (κ2) is 9.99. The minimum atomic E-state index is -0.466. The largest absolute Gasteiger partial charge is 0.455 e. The average molecular weight is 401 g/mol. The number of piperidine rings is 1. The molecule has 0 saturated carbocycles. The molecule has 0 radical (unpaired) electrons. The third kappa shape index (κ3) is 6.84. The molecule has 136 valence electrons. The maximum absolute atomic E-state index is 11.8. The molecule has 1 fully saturated rings. The van der Waals surface area contributed by atoms with Crippen LogP contribution in [0.25, 0.3) is 0 Å². The van der Waals surface area contributed by atoms with E-state index >= 15 is 0 Å². The van der Waals surface area contributed by atoms with Gasteiger partial charge in [0.1, 0.15) is 4.32 Å². The van der Waals surface area contributed by atoms with E-state index in [1.54, 1.807) is 24.3 Å². The Balaban J connectivity index is 1.66. The Morgan fingerprint density at radius 1 is 1.36 bits per heavy atom. The molecule has 0 bridgehead atoms. The lowest BCUT2D eigenvalue weighted by Crippen LogP contribution is -2.35. The molecule has 25 heavy (non-hydrogen) atoms. The summed E-state index contributed by atoms with van der Waals surface area (Å²) >= 11 is 12.6. The molecule has 1 aromatic rings. The first-order valence-electron chi connectivity index (χ1n) is 8.07. The number of halogens is 1. The topological polar surface area (TPSA) is 58.6 Å². The quantitative estimate of drug-likeness (QED) is 0.602. The van der Waals surface area contributed by atoms with Crippen LogP contribution in [0.5, 0.6) is 0 Å². The van der Waals surface area contributed by atoms with E-state index in [0.29, 0.717) is 15.0 Å². The molecule has 1 heterocycles. The van der Waals surface area contributed by atoms with Crippen molar-refractivity contribution in [2.24, 2.45) is 5.92 Å². The fraction of sp³-hybridized carbons (Fsp3) is 0.471. The van der Waals surface area contributed by atoms with Gasteiger partial charge in [-0.05, 0) is 30.9 Å². The number of hydrogen-bond acceptors (Lipinski definition) is 5. The highest BCUT2D eigenvalue weighted by Gasteiger charge is 2.19. The summed E-state index contributed by atoms with van der Waals surface area (Å²) in [5, 5.41) is 3.03. The van der Waals surface area contributed by atoms with Crippen molar-refractivity contribution in [3.63, 3.8) is 0 Å². The first-order chi connectivity index (χ1) is 12.0. The van der Waals surface area contributed by atoms with E-state index in [9.17, 15) is 9.59 Å². The third-order valence-electron chi connectivity index (χ3n) is 3.87. The zero-order valence-electron chi connectivity index (χ0n) is 14.0. The highest BCUT2D eigenvalue weighted by Crippen LogP contribution is 2.21. The molecule has 8 heteroatoms. The fourth-order valence-electron chi connectivity index (χ4n) is 2.34. The summed E-state index contributed by atoms with van der Waals surface area (Å²) in [6.07, 6.45) is 2.24. The number of amides is 1. The lowest BCUT2D eigenvalue weighted by Gasteiger charge is -2.31. The molecule has 0 unspecified atom stereocenters. The van der Waals surface area contributed by atoms with Crippen molar-refractivity contribution in [1.82, 2.24) is 4.90 Å². The lowest BCUT2D eigenvalue weighted by molar-refractivity contribution is -0.144. The number of carbonyl (C=O) groups excluding carboxylic acids is 2. The molecule has 5 nitrogen and oxygen atoms in total. The van der Waals surface area contributed by atoms with E-state index in [-0.39, 0.29) is 12.4 Å². The van der Waals surface area contributed by atoms with Crippen LogP contribution >= 0.6 is 35.6 Å². The number of carbonyl (C=O) groups is 2. The average Bonchev–Trinajstić information content (AvgIpc) is 2.60. The van der Waals surface area contributed by atoms with Gasteiger partial charge in [-0.15, -0.1) is 0 Å². The summed E-state index contributed by atoms with van der Waals surface area (Å²) in [7, 11) is 0. The van der Waals surface area contributed by atoms with Crippen LogP contribution in [0, 0.1) is 5.92 Å². The predicted molar refractivity (Wildman–Crippen MR) is 106 cm³/mol. The first kappa shape index (κ1) is 20.0. The van der Waals surface area contributed by atoms with Crippen molar-refractivity contribution < 1.29 is 14.3 Å². The smallest absolute Gasteiger partial charge is 0.316 e. The van der Waals surface area contributed by atoms with Crippen LogP contribution in [0.3, 0.4) is 0 Å². The molecular weight excluding hydrogens is 380 g/mol. The zero-order valence-corrected chi connectivity index (χ0v) is 16.4. The minimum Gasteiger partial charge on any atom is -0.455 e. The van der Waals surface area contributed by atoms with E-state index in [1.165, 1.54) is 11.8 Å². The Morgan fingerprint density at radius 2 is 2.04 bits per heavy atom. The molecule has 1 N–H and O–H groups in total. The normalized spacial score (nSPS) is 14.9. The van der Waals surface area contributed by atoms with Crippen LogP contribution in [0.15, 0.2) is 24.3 Å². The zero-order chi connectivity index (χ0) is 18.2. The van der Waals surface area contributed by atoms with Crippen molar-refractivity contribution in [1.29, 1.82) is 0 Å². The number of benzene rings is 1. The molecule has 1 aromatic carbocycles. The van der Waals surface area contributed by atoms with Crippen molar-refractivity contribution in [3.8, 4) is 0 Å². The molecule has 0 aliphatic carbocycles. The van der Waals surface area contributed by atoms with Crippen LogP contribution < -0.4 is 5.32 Å². The van der Waals surface area contributed by atoms with Gasteiger partial charge in [0.15, 0.2) is 6.61 Å². The van der Waals surface area contributed by atoms with Crippen LogP contribution in [-0.4, -0.2) is 46.5 Å². The van der Waals surface area contributed by atoms with E-state index in [2.05, 4.69) is 17.1 Å². The second-order valence-corrected chi connectivity index (χ2v) is 7.93. The van der Waals surface area contributed by atoms with Crippen molar-refractivity contribution in [2.45, 2.75) is 19.8 Å². The van der Waals surface area contributed by atoms with E-state index in [4.69, 9.17) is 28.6 Å². The number of para-hydroxylation sites is 1. The number of rotatable bonds is 5. The Morgan fingerprint density at radius 3 is 2.72 bits per heavy atom. The highest BCUT2D eigenvalue weighted by atomic mass is 35.5. The number of likely N-dealkylation sites (tertiary alicyclic amines) is 1. The standard InChI is InChI=1S/C17H21ClN2O3S2/c1-12-6-8-20(9-7-12)17(24)25-11-16(22)23-10-15(21)19-14-5-3-2-4-13(14)18/h2-5,12H,6-11H2,1H3,(H,19,21). The van der Waals surface area contributed by atoms with Gasteiger partial charge in [0, 0.05) is 13.1 Å². The molecule has 2 rings (SSSR count). The minimum absolute atomic E-state index is 0.101. The SMILES string of the molecule is CC1CCN(C(=S)SCC(=O)OCC(=O)Nc2ccccc2Cl)CC1. The van der Waals surface area contributed by atoms with Crippen molar-refractivity contribution in [2.75, 3.05) is 30.8 Å². The summed E-state index contributed by atoms with van der Waals surface area (Å²) in [6, 6.07) is 6.87. The van der Waals surface area contributed by atoms with Crippen LogP contribution in [0.1, 0.15) is 19.8 Å². The fourth-order valence-corrected chi connectivity index (χ4v) is 3.57. The van der Waals surface area contributed by atoms with Crippen LogP contribution in [0.4, 0.5) is 5.69 Å². The maximum Gasteiger partial charge on any atom is 0.316 e. The van der Waals surface area contributed by atoms with Gasteiger partial charge in [0.2, 0.25) is 0 Å². The number of thiocarbonyl (C=S) groups is 1. The molecule has 0 spiro atoms. The summed E-state index contributed by atoms with van der Waals surface area (Å²) in [5.74, 6) is -0.0682. The Hall–Kier alpha value is -1.31. The third-order valence-corrected chi connectivity index (χ3v) is 5.69. The number of thioether (sulfide) groups is 1. The van der Waals surface area contributed by atoms with Gasteiger partial charge < -0.3 is 15.0 Å². The van der Waals surface area contributed by atoms with E-state index < -0.39 is 11.9 Å². The molecule has 1 saturated heterocycles. The van der Waals surface area contributed by atoms with Gasteiger partial charge in [-0.25, -0.2) is 0 Å². The molecule has 1 aliphatic rings. The highest BCUT2D eigenvalue weighted by molar-refractivity contribution is 8.23. The second-order valence-electron chi connectivity index (χ2n) is 5.91. The number of anilines is 1. The van der Waals surface area contributed by atoms with Gasteiger partial charge >= 0.3 is 5.97 Å². The van der Waals surface area contributed by atoms with Gasteiger partial charge in [-0.2, -0.15) is 0 Å². The number of hydrogen-bond donors (Lipinski definition) is 1. The van der Waals surface area contributed by atoms with E-state index in [1.807, 2.05) is 0 Å². The van der Waals surface area contributed by atoms with Crippen molar-refractivity contribution in [3.05, 3.63) is 29.3 Å². The first-order valence-corrected chi connectivity index (χ1v) is 9.84. The van der Waals surface area contributed by atoms with E-state index in [0.717, 1.165) is 31.8 Å². The molecule has 0 atom stereocenters. The number of nitrogens with one attached hydrogen (secondary N) is 1. The number of ether oxygens (including phenoxy) is 1. The summed E-state index contributed by atoms with van der Waals surface area (Å²) < 4.78 is 5.69. The monoisotopic (exact) mass is 400 g/mol. The Kier molecular flexibility index (Phi) is 7.99. The van der Waals surface area contributed by atoms with Gasteiger partial charge in [-0.3, -0.25) is 9.59 Å². The van der Waals surface area contributed by atoms with Crippen LogP contribution in [-0.2, 0) is 14.3 Å². The summed E-state index contributed by atoms with van der Waals surface area (Å²) in [4.78, 5) is 25.7. The van der Waals surface area contributed by atoms with Gasteiger partial charge in [0.05, 0.1) is 16.5 Å².